The van der Waals surface area contributed by atoms with Gasteiger partial charge in [-0.2, -0.15) is 0 Å². The van der Waals surface area contributed by atoms with Crippen LogP contribution in [0, 0.1) is 0 Å². The van der Waals surface area contributed by atoms with Gasteiger partial charge in [0.15, 0.2) is 5.95 Å². The first kappa shape index (κ1) is 15.3. The number of hydrogen-bond donors (Lipinski definition) is 1. The molecule has 0 aliphatic carbocycles. The van der Waals surface area contributed by atoms with Gasteiger partial charge in [0.25, 0.3) is 0 Å². The smallest absolute Gasteiger partial charge is 0.327 e. The molecule has 8 nitrogen and oxygen atoms in total. The van der Waals surface area contributed by atoms with Gasteiger partial charge in [-0.15, -0.1) is 0 Å². The Kier molecular flexibility index (Phi) is 4.16. The lowest BCUT2D eigenvalue weighted by Crippen LogP contribution is -2.47. The van der Waals surface area contributed by atoms with Gasteiger partial charge in [-0.3, -0.25) is 4.79 Å². The lowest BCUT2D eigenvalue weighted by Gasteiger charge is -2.28. The van der Waals surface area contributed by atoms with Crippen LogP contribution in [0.4, 0.5) is 0 Å². The van der Waals surface area contributed by atoms with Gasteiger partial charge in [-0.05, 0) is 29.7 Å². The van der Waals surface area contributed by atoms with Gasteiger partial charge in [0, 0.05) is 25.2 Å². The van der Waals surface area contributed by atoms with Crippen LogP contribution < -0.4 is 14.5 Å². The predicted molar refractivity (Wildman–Crippen MR) is 75.2 cm³/mol. The summed E-state index contributed by atoms with van der Waals surface area (Å²) >= 11 is 0. The zero-order valence-electron chi connectivity index (χ0n) is 12.6. The SMILES string of the molecule is COc1ccc(-[n+]2noc([O-])c2C(=O)N2CCC(O)CC2)cc1. The Hall–Kier alpha value is -2.61. The zero-order valence-corrected chi connectivity index (χ0v) is 12.6. The first-order valence-electron chi connectivity index (χ1n) is 7.31. The summed E-state index contributed by atoms with van der Waals surface area (Å²) < 4.78 is 10.9. The van der Waals surface area contributed by atoms with Crippen LogP contribution in [0.5, 0.6) is 11.7 Å². The number of likely N-dealkylation sites (tertiary alicyclic amines) is 1. The number of piperidine rings is 1. The Morgan fingerprint density at radius 3 is 2.65 bits per heavy atom. The number of amides is 1. The van der Waals surface area contributed by atoms with E-state index in [4.69, 9.17) is 4.74 Å². The van der Waals surface area contributed by atoms with Gasteiger partial charge in [0.05, 0.1) is 18.5 Å². The predicted octanol–water partition coefficient (Wildman–Crippen LogP) is -0.370. The van der Waals surface area contributed by atoms with Crippen LogP contribution in [0.15, 0.2) is 28.8 Å². The number of ether oxygens (including phenoxy) is 1. The summed E-state index contributed by atoms with van der Waals surface area (Å²) in [5, 5.41) is 25.1. The molecule has 1 aliphatic heterocycles. The molecule has 1 aliphatic rings. The van der Waals surface area contributed by atoms with Crippen molar-refractivity contribution in [1.29, 1.82) is 0 Å². The van der Waals surface area contributed by atoms with Crippen LogP contribution in [0.3, 0.4) is 0 Å². The maximum Gasteiger partial charge on any atom is 0.327 e. The molecular formula is C15H17N3O5. The highest BCUT2D eigenvalue weighted by molar-refractivity contribution is 5.92. The number of aromatic nitrogens is 2. The first-order valence-corrected chi connectivity index (χ1v) is 7.31. The molecule has 1 aromatic carbocycles. The summed E-state index contributed by atoms with van der Waals surface area (Å²) in [6, 6.07) is 6.76. The summed E-state index contributed by atoms with van der Waals surface area (Å²) in [7, 11) is 1.55. The van der Waals surface area contributed by atoms with E-state index in [0.717, 1.165) is 0 Å². The highest BCUT2D eigenvalue weighted by atomic mass is 16.6. The van der Waals surface area contributed by atoms with E-state index in [0.29, 0.717) is 37.4 Å². The Labute approximate surface area is 132 Å². The average Bonchev–Trinajstić information content (AvgIpc) is 2.96. The van der Waals surface area contributed by atoms with Crippen molar-refractivity contribution in [1.82, 2.24) is 10.2 Å². The molecule has 1 amide bonds. The van der Waals surface area contributed by atoms with Gasteiger partial charge in [-0.25, -0.2) is 0 Å². The molecule has 1 aromatic heterocycles. The molecule has 1 fully saturated rings. The number of benzene rings is 1. The highest BCUT2D eigenvalue weighted by Gasteiger charge is 2.33. The molecule has 0 spiro atoms. The van der Waals surface area contributed by atoms with Crippen molar-refractivity contribution in [3.05, 3.63) is 30.0 Å². The standard InChI is InChI=1S/C15H17N3O5/c1-22-12-4-2-10(3-5-12)18-13(15(21)23-16-18)14(20)17-8-6-11(19)7-9-17/h2-5,11,19H,6-9H2,1H3. The second-order valence-corrected chi connectivity index (χ2v) is 5.34. The summed E-state index contributed by atoms with van der Waals surface area (Å²) in [6.45, 7) is 0.792. The lowest BCUT2D eigenvalue weighted by atomic mass is 10.1. The molecule has 0 radical (unpaired) electrons. The second-order valence-electron chi connectivity index (χ2n) is 5.34. The normalized spacial score (nSPS) is 15.7. The third-order valence-electron chi connectivity index (χ3n) is 3.88. The molecule has 2 aromatic rings. The Morgan fingerprint density at radius 2 is 2.04 bits per heavy atom. The lowest BCUT2D eigenvalue weighted by molar-refractivity contribution is -0.672. The van der Waals surface area contributed by atoms with Crippen molar-refractivity contribution in [2.45, 2.75) is 18.9 Å². The van der Waals surface area contributed by atoms with Crippen molar-refractivity contribution in [3.63, 3.8) is 0 Å². The van der Waals surface area contributed by atoms with E-state index < -0.39 is 18.0 Å². The zero-order chi connectivity index (χ0) is 16.4. The van der Waals surface area contributed by atoms with E-state index in [1.54, 1.807) is 31.4 Å². The van der Waals surface area contributed by atoms with Crippen LogP contribution >= 0.6 is 0 Å². The van der Waals surface area contributed by atoms with Gasteiger partial charge in [-0.1, -0.05) is 0 Å². The topological polar surface area (TPSA) is 103 Å². The van der Waals surface area contributed by atoms with Crippen LogP contribution in [0.1, 0.15) is 23.3 Å². The minimum absolute atomic E-state index is 0.147. The van der Waals surface area contributed by atoms with E-state index in [2.05, 4.69) is 9.79 Å². The number of methoxy groups -OCH3 is 1. The molecule has 1 saturated heterocycles. The van der Waals surface area contributed by atoms with Crippen molar-refractivity contribution < 1.29 is 28.9 Å². The highest BCUT2D eigenvalue weighted by Crippen LogP contribution is 2.18. The number of aliphatic hydroxyl groups excluding tert-OH is 1. The Morgan fingerprint density at radius 1 is 1.39 bits per heavy atom. The molecule has 122 valence electrons. The number of carbonyl (C=O) groups excluding carboxylic acids is 1. The molecule has 2 heterocycles. The Balaban J connectivity index is 1.90. The largest absolute Gasteiger partial charge is 0.538 e. The van der Waals surface area contributed by atoms with Crippen molar-refractivity contribution in [3.8, 4) is 17.4 Å². The van der Waals surface area contributed by atoms with Gasteiger partial charge in [0.2, 0.25) is 5.69 Å². The maximum atomic E-state index is 12.6. The van der Waals surface area contributed by atoms with E-state index in [1.165, 1.54) is 9.58 Å². The number of nitrogens with zero attached hydrogens (tertiary/aromatic N) is 3. The van der Waals surface area contributed by atoms with E-state index >= 15 is 0 Å². The van der Waals surface area contributed by atoms with Gasteiger partial charge >= 0.3 is 11.6 Å². The summed E-state index contributed by atoms with van der Waals surface area (Å²) in [5.74, 6) is -0.575. The van der Waals surface area contributed by atoms with Crippen LogP contribution in [0.2, 0.25) is 0 Å². The van der Waals surface area contributed by atoms with Gasteiger partial charge in [0.1, 0.15) is 5.75 Å². The van der Waals surface area contributed by atoms with Crippen LogP contribution in [0.25, 0.3) is 5.69 Å². The molecule has 8 heteroatoms. The first-order chi connectivity index (χ1) is 11.1. The Bertz CT molecular complexity index is 690. The van der Waals surface area contributed by atoms with Crippen molar-refractivity contribution >= 4 is 5.91 Å². The second kappa shape index (κ2) is 6.25. The molecule has 0 unspecified atom stereocenters. The maximum absolute atomic E-state index is 12.6. The minimum Gasteiger partial charge on any atom is -0.538 e. The summed E-state index contributed by atoms with van der Waals surface area (Å²) in [6.07, 6.45) is 0.587. The molecular weight excluding hydrogens is 302 g/mol. The van der Waals surface area contributed by atoms with E-state index in [9.17, 15) is 15.0 Å². The number of rotatable bonds is 3. The van der Waals surface area contributed by atoms with Crippen molar-refractivity contribution in [2.24, 2.45) is 0 Å². The van der Waals surface area contributed by atoms with Crippen LogP contribution in [-0.4, -0.2) is 47.5 Å². The third-order valence-corrected chi connectivity index (χ3v) is 3.88. The number of carbonyl (C=O) groups is 1. The quantitative estimate of drug-likeness (QED) is 0.774. The molecule has 1 N–H and O–H groups in total. The third kappa shape index (κ3) is 2.98. The molecule has 3 rings (SSSR count). The molecule has 0 bridgehead atoms. The fourth-order valence-corrected chi connectivity index (χ4v) is 2.54. The summed E-state index contributed by atoms with van der Waals surface area (Å²) in [5.41, 5.74) is 0.378. The fourth-order valence-electron chi connectivity index (χ4n) is 2.54. The monoisotopic (exact) mass is 319 g/mol. The van der Waals surface area contributed by atoms with Crippen molar-refractivity contribution in [2.75, 3.05) is 20.2 Å². The minimum atomic E-state index is -0.781. The summed E-state index contributed by atoms with van der Waals surface area (Å²) in [4.78, 5) is 14.1. The molecule has 0 saturated carbocycles. The fraction of sp³-hybridized carbons (Fsp3) is 0.400. The van der Waals surface area contributed by atoms with Gasteiger partial charge < -0.3 is 24.4 Å². The number of aliphatic hydroxyl groups is 1. The average molecular weight is 319 g/mol. The number of hydrogen-bond acceptors (Lipinski definition) is 6. The van der Waals surface area contributed by atoms with Crippen LogP contribution in [-0.2, 0) is 0 Å². The molecule has 23 heavy (non-hydrogen) atoms. The van der Waals surface area contributed by atoms with E-state index in [-0.39, 0.29) is 5.69 Å². The van der Waals surface area contributed by atoms with E-state index in [1.807, 2.05) is 0 Å². The molecule has 0 atom stereocenters.